The number of rotatable bonds is 7. The Morgan fingerprint density at radius 2 is 2.00 bits per heavy atom. The Kier molecular flexibility index (Phi) is 5.33. The van der Waals surface area contributed by atoms with Gasteiger partial charge >= 0.3 is 12.0 Å². The number of ether oxygens (including phenoxy) is 1. The van der Waals surface area contributed by atoms with Gasteiger partial charge in [-0.25, -0.2) is 4.79 Å². The van der Waals surface area contributed by atoms with E-state index in [0.29, 0.717) is 6.42 Å². The van der Waals surface area contributed by atoms with Gasteiger partial charge in [0.15, 0.2) is 6.61 Å². The fourth-order valence-electron chi connectivity index (χ4n) is 2.59. The normalized spacial score (nSPS) is 13.4. The number of hydrogen-bond donors (Lipinski definition) is 3. The number of aromatic amines is 1. The third-order valence-electron chi connectivity index (χ3n) is 4.03. The van der Waals surface area contributed by atoms with Gasteiger partial charge < -0.3 is 15.0 Å². The lowest BCUT2D eigenvalue weighted by Crippen LogP contribution is -2.42. The maximum atomic E-state index is 11.7. The first-order valence-electron chi connectivity index (χ1n) is 8.43. The highest BCUT2D eigenvalue weighted by Gasteiger charge is 2.24. The highest BCUT2D eigenvalue weighted by Crippen LogP contribution is 2.19. The van der Waals surface area contributed by atoms with Crippen molar-refractivity contribution in [3.8, 4) is 0 Å². The number of carbonyl (C=O) groups is 3. The number of hydrogen-bond acceptors (Lipinski definition) is 4. The van der Waals surface area contributed by atoms with Crippen LogP contribution in [0, 0.1) is 0 Å². The average Bonchev–Trinajstić information content (AvgIpc) is 3.31. The summed E-state index contributed by atoms with van der Waals surface area (Å²) in [5.74, 6) is -1.07. The molecule has 0 radical (unpaired) electrons. The lowest BCUT2D eigenvalue weighted by Gasteiger charge is -2.06. The molecule has 0 saturated heterocycles. The lowest BCUT2D eigenvalue weighted by molar-refractivity contribution is -0.148. The molecule has 7 heteroatoms. The van der Waals surface area contributed by atoms with E-state index >= 15 is 0 Å². The van der Waals surface area contributed by atoms with Gasteiger partial charge in [-0.2, -0.15) is 0 Å². The number of para-hydroxylation sites is 1. The minimum Gasteiger partial charge on any atom is -0.456 e. The molecule has 7 nitrogen and oxygen atoms in total. The molecule has 0 unspecified atom stereocenters. The number of amides is 3. The van der Waals surface area contributed by atoms with Crippen LogP contribution in [0.5, 0.6) is 0 Å². The van der Waals surface area contributed by atoms with Gasteiger partial charge in [0.05, 0.1) is 0 Å². The summed E-state index contributed by atoms with van der Waals surface area (Å²) in [6.07, 6.45) is 5.42. The van der Waals surface area contributed by atoms with E-state index in [1.54, 1.807) is 0 Å². The van der Waals surface area contributed by atoms with Crippen LogP contribution in [0.4, 0.5) is 4.79 Å². The number of nitrogens with one attached hydrogen (secondary N) is 3. The molecule has 0 spiro atoms. The zero-order chi connectivity index (χ0) is 17.6. The van der Waals surface area contributed by atoms with Crippen molar-refractivity contribution < 1.29 is 19.1 Å². The molecule has 1 saturated carbocycles. The maximum Gasteiger partial charge on any atom is 0.321 e. The van der Waals surface area contributed by atoms with Crippen LogP contribution in [-0.4, -0.2) is 35.5 Å². The molecule has 1 aromatic heterocycles. The van der Waals surface area contributed by atoms with Crippen LogP contribution in [-0.2, 0) is 20.7 Å². The van der Waals surface area contributed by atoms with Crippen LogP contribution in [0.15, 0.2) is 30.5 Å². The first kappa shape index (κ1) is 17.0. The molecule has 132 valence electrons. The summed E-state index contributed by atoms with van der Waals surface area (Å²) in [5, 5.41) is 5.91. The highest BCUT2D eigenvalue weighted by atomic mass is 16.5. The molecule has 1 aliphatic rings. The summed E-state index contributed by atoms with van der Waals surface area (Å²) < 4.78 is 4.89. The van der Waals surface area contributed by atoms with Gasteiger partial charge in [-0.05, 0) is 37.3 Å². The second kappa shape index (κ2) is 7.83. The highest BCUT2D eigenvalue weighted by molar-refractivity contribution is 5.95. The Labute approximate surface area is 145 Å². The third kappa shape index (κ3) is 5.07. The molecule has 3 rings (SSSR count). The SMILES string of the molecule is O=C(COC(=O)CCCc1c[nH]c2ccccc12)NC(=O)NC1CC1. The molecule has 25 heavy (non-hydrogen) atoms. The Balaban J connectivity index is 1.33. The summed E-state index contributed by atoms with van der Waals surface area (Å²) in [4.78, 5) is 37.8. The van der Waals surface area contributed by atoms with Gasteiger partial charge in [0.1, 0.15) is 0 Å². The van der Waals surface area contributed by atoms with Crippen LogP contribution in [0.2, 0.25) is 0 Å². The van der Waals surface area contributed by atoms with Crippen LogP contribution >= 0.6 is 0 Å². The molecule has 1 fully saturated rings. The van der Waals surface area contributed by atoms with Gasteiger partial charge in [-0.3, -0.25) is 14.9 Å². The molecule has 0 atom stereocenters. The molecule has 1 aromatic carbocycles. The topological polar surface area (TPSA) is 100 Å². The number of aromatic nitrogens is 1. The first-order valence-corrected chi connectivity index (χ1v) is 8.43. The van der Waals surface area contributed by atoms with E-state index in [9.17, 15) is 14.4 Å². The van der Waals surface area contributed by atoms with Crippen molar-refractivity contribution in [2.24, 2.45) is 0 Å². The number of esters is 1. The summed E-state index contributed by atoms with van der Waals surface area (Å²) in [7, 11) is 0. The average molecular weight is 343 g/mol. The van der Waals surface area contributed by atoms with Gasteiger partial charge in [0.2, 0.25) is 0 Å². The Bertz CT molecular complexity index is 779. The van der Waals surface area contributed by atoms with Crippen molar-refractivity contribution in [1.29, 1.82) is 0 Å². The predicted octanol–water partition coefficient (Wildman–Crippen LogP) is 2.02. The predicted molar refractivity (Wildman–Crippen MR) is 91.9 cm³/mol. The summed E-state index contributed by atoms with van der Waals surface area (Å²) in [6, 6.07) is 7.62. The monoisotopic (exact) mass is 343 g/mol. The minimum atomic E-state index is -0.622. The number of H-pyrrole nitrogens is 1. The third-order valence-corrected chi connectivity index (χ3v) is 4.03. The Morgan fingerprint density at radius 1 is 1.20 bits per heavy atom. The second-order valence-corrected chi connectivity index (χ2v) is 6.17. The molecule has 1 heterocycles. The Morgan fingerprint density at radius 3 is 2.80 bits per heavy atom. The molecular weight excluding hydrogens is 322 g/mol. The molecule has 0 bridgehead atoms. The molecule has 2 aromatic rings. The summed E-state index contributed by atoms with van der Waals surface area (Å²) >= 11 is 0. The molecule has 3 N–H and O–H groups in total. The van der Waals surface area contributed by atoms with E-state index in [2.05, 4.69) is 15.6 Å². The van der Waals surface area contributed by atoms with E-state index in [0.717, 1.165) is 35.7 Å². The van der Waals surface area contributed by atoms with Crippen molar-refractivity contribution in [3.63, 3.8) is 0 Å². The minimum absolute atomic E-state index is 0.167. The molecule has 3 amide bonds. The largest absolute Gasteiger partial charge is 0.456 e. The zero-order valence-corrected chi connectivity index (χ0v) is 13.8. The van der Waals surface area contributed by atoms with E-state index in [4.69, 9.17) is 4.74 Å². The van der Waals surface area contributed by atoms with Gasteiger partial charge in [-0.15, -0.1) is 0 Å². The van der Waals surface area contributed by atoms with Crippen LogP contribution < -0.4 is 10.6 Å². The van der Waals surface area contributed by atoms with Crippen LogP contribution in [0.3, 0.4) is 0 Å². The summed E-state index contributed by atoms with van der Waals surface area (Å²) in [5.41, 5.74) is 2.22. The van der Waals surface area contributed by atoms with Crippen LogP contribution in [0.25, 0.3) is 10.9 Å². The lowest BCUT2D eigenvalue weighted by atomic mass is 10.1. The van der Waals surface area contributed by atoms with E-state index in [-0.39, 0.29) is 12.5 Å². The van der Waals surface area contributed by atoms with Crippen molar-refractivity contribution in [3.05, 3.63) is 36.0 Å². The number of carbonyl (C=O) groups excluding carboxylic acids is 3. The molecule has 1 aliphatic carbocycles. The number of fused-ring (bicyclic) bond motifs is 1. The quantitative estimate of drug-likeness (QED) is 0.670. The van der Waals surface area contributed by atoms with Crippen LogP contribution in [0.1, 0.15) is 31.2 Å². The van der Waals surface area contributed by atoms with E-state index < -0.39 is 24.5 Å². The summed E-state index contributed by atoms with van der Waals surface area (Å²) in [6.45, 7) is -0.440. The van der Waals surface area contributed by atoms with Crippen molar-refractivity contribution >= 4 is 28.8 Å². The molecular formula is C18H21N3O4. The van der Waals surface area contributed by atoms with Gasteiger partial charge in [0.25, 0.3) is 5.91 Å². The first-order chi connectivity index (χ1) is 12.1. The number of imide groups is 1. The van der Waals surface area contributed by atoms with Crippen molar-refractivity contribution in [2.75, 3.05) is 6.61 Å². The van der Waals surface area contributed by atoms with E-state index in [1.165, 1.54) is 0 Å². The molecule has 0 aliphatic heterocycles. The smallest absolute Gasteiger partial charge is 0.321 e. The van der Waals surface area contributed by atoms with Gasteiger partial charge in [-0.1, -0.05) is 18.2 Å². The standard InChI is InChI=1S/C18H21N3O4/c22-16(21-18(24)20-13-8-9-13)11-25-17(23)7-3-4-12-10-19-15-6-2-1-5-14(12)15/h1-2,5-6,10,13,19H,3-4,7-9,11H2,(H2,20,21,22,24). The fourth-order valence-corrected chi connectivity index (χ4v) is 2.59. The van der Waals surface area contributed by atoms with E-state index in [1.807, 2.05) is 30.5 Å². The van der Waals surface area contributed by atoms with Crippen molar-refractivity contribution in [2.45, 2.75) is 38.1 Å². The fraction of sp³-hybridized carbons (Fsp3) is 0.389. The maximum absolute atomic E-state index is 11.7. The number of benzene rings is 1. The van der Waals surface area contributed by atoms with Crippen molar-refractivity contribution in [1.82, 2.24) is 15.6 Å². The Hall–Kier alpha value is -2.83. The van der Waals surface area contributed by atoms with Gasteiger partial charge in [0, 0.05) is 29.6 Å². The second-order valence-electron chi connectivity index (χ2n) is 6.17. The number of aryl methyl sites for hydroxylation is 1. The number of urea groups is 1. The zero-order valence-electron chi connectivity index (χ0n) is 13.8.